The first-order valence-electron chi connectivity index (χ1n) is 5.47. The average molecular weight is 172 g/mol. The number of hydrogen-bond acceptors (Lipinski definition) is 0. The fraction of sp³-hybridized carbons (Fsp3) is 0.538. The molecule has 0 heteroatoms. The van der Waals surface area contributed by atoms with Crippen molar-refractivity contribution in [3.05, 3.63) is 35.9 Å². The van der Waals surface area contributed by atoms with Crippen LogP contribution in [0.15, 0.2) is 30.3 Å². The van der Waals surface area contributed by atoms with Gasteiger partial charge >= 0.3 is 0 Å². The van der Waals surface area contributed by atoms with Gasteiger partial charge in [0.15, 0.2) is 0 Å². The van der Waals surface area contributed by atoms with E-state index in [-0.39, 0.29) is 0 Å². The van der Waals surface area contributed by atoms with Gasteiger partial charge in [-0.1, -0.05) is 36.8 Å². The van der Waals surface area contributed by atoms with Gasteiger partial charge < -0.3 is 0 Å². The number of fused-ring (bicyclic) bond motifs is 1. The normalized spacial score (nSPS) is 36.8. The Hall–Kier alpha value is -0.780. The summed E-state index contributed by atoms with van der Waals surface area (Å²) in [6.45, 7) is 0. The Balaban J connectivity index is 2.00. The van der Waals surface area contributed by atoms with Crippen LogP contribution in [0.1, 0.15) is 37.7 Å². The van der Waals surface area contributed by atoms with Gasteiger partial charge in [0.2, 0.25) is 0 Å². The fourth-order valence-electron chi connectivity index (χ4n) is 3.41. The molecular weight excluding hydrogens is 156 g/mol. The van der Waals surface area contributed by atoms with E-state index in [2.05, 4.69) is 30.3 Å². The van der Waals surface area contributed by atoms with E-state index in [1.54, 1.807) is 5.56 Å². The predicted octanol–water partition coefficient (Wildman–Crippen LogP) is 3.52. The molecule has 2 aliphatic rings. The highest BCUT2D eigenvalue weighted by molar-refractivity contribution is 5.31. The van der Waals surface area contributed by atoms with Crippen molar-refractivity contribution in [1.82, 2.24) is 0 Å². The summed E-state index contributed by atoms with van der Waals surface area (Å²) in [5, 5.41) is 0. The van der Waals surface area contributed by atoms with E-state index in [0.29, 0.717) is 5.41 Å². The fourth-order valence-corrected chi connectivity index (χ4v) is 3.41. The first kappa shape index (κ1) is 7.61. The van der Waals surface area contributed by atoms with E-state index >= 15 is 0 Å². The molecule has 0 nitrogen and oxygen atoms in total. The van der Waals surface area contributed by atoms with Gasteiger partial charge in [-0.3, -0.25) is 0 Å². The minimum atomic E-state index is 0.626. The van der Waals surface area contributed by atoms with Gasteiger partial charge in [0.05, 0.1) is 0 Å². The second-order valence-corrected chi connectivity index (χ2v) is 4.65. The predicted molar refractivity (Wildman–Crippen MR) is 54.7 cm³/mol. The zero-order valence-electron chi connectivity index (χ0n) is 8.00. The molecule has 1 aromatic rings. The molecule has 0 bridgehead atoms. The molecule has 2 aliphatic carbocycles. The molecular formula is C13H16. The lowest BCUT2D eigenvalue weighted by Crippen LogP contribution is -2.39. The molecule has 0 aliphatic heterocycles. The molecule has 3 rings (SSSR count). The molecule has 0 aromatic heterocycles. The minimum absolute atomic E-state index is 0.626. The van der Waals surface area contributed by atoms with Gasteiger partial charge in [-0.2, -0.15) is 0 Å². The van der Waals surface area contributed by atoms with Crippen LogP contribution in [0.3, 0.4) is 0 Å². The lowest BCUT2D eigenvalue weighted by Gasteiger charge is -2.46. The van der Waals surface area contributed by atoms with E-state index in [1.165, 1.54) is 32.1 Å². The van der Waals surface area contributed by atoms with E-state index < -0.39 is 0 Å². The summed E-state index contributed by atoms with van der Waals surface area (Å²) < 4.78 is 0. The van der Waals surface area contributed by atoms with Gasteiger partial charge in [-0.15, -0.1) is 0 Å². The highest BCUT2D eigenvalue weighted by Crippen LogP contribution is 2.58. The van der Waals surface area contributed by atoms with E-state index in [1.807, 2.05) is 0 Å². The summed E-state index contributed by atoms with van der Waals surface area (Å²) in [4.78, 5) is 0. The Kier molecular flexibility index (Phi) is 1.52. The van der Waals surface area contributed by atoms with Gasteiger partial charge in [0.25, 0.3) is 0 Å². The summed E-state index contributed by atoms with van der Waals surface area (Å²) in [5.74, 6) is 1.02. The van der Waals surface area contributed by atoms with E-state index in [0.717, 1.165) is 5.92 Å². The van der Waals surface area contributed by atoms with Crippen molar-refractivity contribution in [3.63, 3.8) is 0 Å². The Labute approximate surface area is 80.0 Å². The zero-order chi connectivity index (χ0) is 8.73. The van der Waals surface area contributed by atoms with Crippen LogP contribution in [0.4, 0.5) is 0 Å². The van der Waals surface area contributed by atoms with Crippen LogP contribution in [0.5, 0.6) is 0 Å². The molecule has 0 heterocycles. The highest BCUT2D eigenvalue weighted by atomic mass is 14.5. The van der Waals surface area contributed by atoms with Crippen molar-refractivity contribution in [3.8, 4) is 0 Å². The van der Waals surface area contributed by atoms with Crippen LogP contribution in [0.2, 0.25) is 0 Å². The average Bonchev–Trinajstić information content (AvgIpc) is 2.45. The van der Waals surface area contributed by atoms with Crippen LogP contribution in [0, 0.1) is 5.92 Å². The van der Waals surface area contributed by atoms with Gasteiger partial charge in [-0.05, 0) is 42.6 Å². The van der Waals surface area contributed by atoms with Crippen LogP contribution in [0.25, 0.3) is 0 Å². The highest BCUT2D eigenvalue weighted by Gasteiger charge is 2.50. The third-order valence-corrected chi connectivity index (χ3v) is 4.24. The maximum atomic E-state index is 2.33. The maximum absolute atomic E-state index is 2.33. The van der Waals surface area contributed by atoms with Crippen molar-refractivity contribution in [2.24, 2.45) is 5.92 Å². The molecule has 2 atom stereocenters. The van der Waals surface area contributed by atoms with Crippen LogP contribution < -0.4 is 0 Å². The Morgan fingerprint density at radius 2 is 1.85 bits per heavy atom. The summed E-state index contributed by atoms with van der Waals surface area (Å²) in [6.07, 6.45) is 7.31. The van der Waals surface area contributed by atoms with Gasteiger partial charge in [0.1, 0.15) is 0 Å². The van der Waals surface area contributed by atoms with Gasteiger partial charge in [-0.25, -0.2) is 0 Å². The maximum Gasteiger partial charge on any atom is -0.00186 e. The molecule has 0 amide bonds. The molecule has 0 N–H and O–H groups in total. The summed E-state index contributed by atoms with van der Waals surface area (Å²) >= 11 is 0. The quantitative estimate of drug-likeness (QED) is 0.608. The van der Waals surface area contributed by atoms with Gasteiger partial charge in [0, 0.05) is 0 Å². The summed E-state index contributed by atoms with van der Waals surface area (Å²) in [5.41, 5.74) is 2.24. The topological polar surface area (TPSA) is 0 Å². The molecule has 2 saturated carbocycles. The second-order valence-electron chi connectivity index (χ2n) is 4.65. The number of rotatable bonds is 1. The first-order valence-corrected chi connectivity index (χ1v) is 5.47. The number of benzene rings is 1. The van der Waals surface area contributed by atoms with Crippen molar-refractivity contribution < 1.29 is 0 Å². The van der Waals surface area contributed by atoms with Crippen LogP contribution >= 0.6 is 0 Å². The smallest absolute Gasteiger partial charge is 0.00186 e. The largest absolute Gasteiger partial charge is 0.0622 e. The molecule has 1 aromatic carbocycles. The number of hydrogen-bond donors (Lipinski definition) is 0. The zero-order valence-corrected chi connectivity index (χ0v) is 8.00. The molecule has 68 valence electrons. The van der Waals surface area contributed by atoms with Crippen LogP contribution in [-0.4, -0.2) is 0 Å². The lowest BCUT2D eigenvalue weighted by atomic mass is 9.58. The Morgan fingerprint density at radius 1 is 1.00 bits per heavy atom. The Bertz CT molecular complexity index is 301. The van der Waals surface area contributed by atoms with Crippen molar-refractivity contribution in [1.29, 1.82) is 0 Å². The second kappa shape index (κ2) is 2.60. The SMILES string of the molecule is c1ccc(C23CCCC2CC3)cc1. The molecule has 0 radical (unpaired) electrons. The van der Waals surface area contributed by atoms with E-state index in [4.69, 9.17) is 0 Å². The third kappa shape index (κ3) is 0.919. The molecule has 0 saturated heterocycles. The molecule has 13 heavy (non-hydrogen) atoms. The summed E-state index contributed by atoms with van der Waals surface area (Å²) in [7, 11) is 0. The molecule has 2 fully saturated rings. The van der Waals surface area contributed by atoms with Crippen LogP contribution in [-0.2, 0) is 5.41 Å². The van der Waals surface area contributed by atoms with Crippen molar-refractivity contribution in [2.75, 3.05) is 0 Å². The Morgan fingerprint density at radius 3 is 2.46 bits per heavy atom. The molecule has 0 spiro atoms. The first-order chi connectivity index (χ1) is 6.42. The summed E-state index contributed by atoms with van der Waals surface area (Å²) in [6, 6.07) is 11.2. The lowest BCUT2D eigenvalue weighted by molar-refractivity contribution is 0.159. The van der Waals surface area contributed by atoms with E-state index in [9.17, 15) is 0 Å². The molecule has 2 unspecified atom stereocenters. The standard InChI is InChI=1S/C13H16/c1-2-5-11(6-3-1)13-9-4-7-12(13)8-10-13/h1-3,5-6,12H,4,7-10H2. The third-order valence-electron chi connectivity index (χ3n) is 4.24. The minimum Gasteiger partial charge on any atom is -0.0622 e. The monoisotopic (exact) mass is 172 g/mol. The van der Waals surface area contributed by atoms with Crippen molar-refractivity contribution >= 4 is 0 Å². The van der Waals surface area contributed by atoms with Crippen molar-refractivity contribution in [2.45, 2.75) is 37.5 Å².